The zero-order valence-electron chi connectivity index (χ0n) is 10.2. The fourth-order valence-electron chi connectivity index (χ4n) is 1.52. The summed E-state index contributed by atoms with van der Waals surface area (Å²) < 4.78 is 7.18. The maximum atomic E-state index is 5.57. The lowest BCUT2D eigenvalue weighted by Crippen LogP contribution is -2.19. The van der Waals surface area contributed by atoms with Crippen molar-refractivity contribution in [3.63, 3.8) is 0 Å². The quantitative estimate of drug-likeness (QED) is 0.777. The number of thiazole rings is 1. The first-order chi connectivity index (χ1) is 8.61. The summed E-state index contributed by atoms with van der Waals surface area (Å²) in [5.41, 5.74) is 1.06. The SMILES string of the molecule is CCCNC(C)c1csc(-c2cc(Br)c(Br)o2)n1. The third-order valence-electron chi connectivity index (χ3n) is 2.52. The number of nitrogens with zero attached hydrogens (tertiary/aromatic N) is 1. The summed E-state index contributed by atoms with van der Waals surface area (Å²) in [6, 6.07) is 2.20. The molecule has 18 heavy (non-hydrogen) atoms. The second-order valence-corrected chi connectivity index (χ2v) is 6.42. The summed E-state index contributed by atoms with van der Waals surface area (Å²) in [5, 5.41) is 6.41. The summed E-state index contributed by atoms with van der Waals surface area (Å²) in [6.07, 6.45) is 1.12. The van der Waals surface area contributed by atoms with Crippen LogP contribution in [0.15, 0.2) is 25.0 Å². The molecule has 3 nitrogen and oxygen atoms in total. The van der Waals surface area contributed by atoms with Crippen molar-refractivity contribution < 1.29 is 4.42 Å². The van der Waals surface area contributed by atoms with Crippen molar-refractivity contribution in [1.82, 2.24) is 10.3 Å². The van der Waals surface area contributed by atoms with Crippen LogP contribution in [0.1, 0.15) is 32.0 Å². The standard InChI is InChI=1S/C12H14Br2N2OS/c1-3-4-15-7(2)9-6-18-12(16-9)10-5-8(13)11(14)17-10/h5-7,15H,3-4H2,1-2H3. The number of furan rings is 1. The van der Waals surface area contributed by atoms with E-state index in [4.69, 9.17) is 4.42 Å². The Kier molecular flexibility index (Phi) is 5.00. The van der Waals surface area contributed by atoms with Gasteiger partial charge in [-0.25, -0.2) is 4.98 Å². The Bertz CT molecular complexity index is 504. The van der Waals surface area contributed by atoms with Gasteiger partial charge in [0.25, 0.3) is 0 Å². The molecule has 6 heteroatoms. The van der Waals surface area contributed by atoms with Crippen LogP contribution in [0.3, 0.4) is 0 Å². The van der Waals surface area contributed by atoms with Gasteiger partial charge in [0.1, 0.15) is 0 Å². The number of rotatable bonds is 5. The van der Waals surface area contributed by atoms with E-state index in [0.717, 1.165) is 33.9 Å². The molecule has 2 rings (SSSR count). The van der Waals surface area contributed by atoms with E-state index in [1.807, 2.05) is 6.07 Å². The lowest BCUT2D eigenvalue weighted by atomic mass is 10.2. The highest BCUT2D eigenvalue weighted by Gasteiger charge is 2.14. The molecular formula is C12H14Br2N2OS. The zero-order chi connectivity index (χ0) is 13.1. The van der Waals surface area contributed by atoms with Crippen molar-refractivity contribution in [2.45, 2.75) is 26.3 Å². The van der Waals surface area contributed by atoms with Crippen LogP contribution in [-0.2, 0) is 0 Å². The van der Waals surface area contributed by atoms with Gasteiger partial charge in [0.15, 0.2) is 15.4 Å². The third-order valence-corrected chi connectivity index (χ3v) is 5.11. The molecule has 0 fully saturated rings. The Morgan fingerprint density at radius 3 is 2.89 bits per heavy atom. The molecule has 0 bridgehead atoms. The van der Waals surface area contributed by atoms with Crippen molar-refractivity contribution in [3.8, 4) is 10.8 Å². The fourth-order valence-corrected chi connectivity index (χ4v) is 2.96. The lowest BCUT2D eigenvalue weighted by Gasteiger charge is -2.09. The molecule has 2 aromatic heterocycles. The van der Waals surface area contributed by atoms with Gasteiger partial charge in [-0.15, -0.1) is 11.3 Å². The smallest absolute Gasteiger partial charge is 0.184 e. The van der Waals surface area contributed by atoms with Gasteiger partial charge in [0.2, 0.25) is 0 Å². The molecule has 2 heterocycles. The van der Waals surface area contributed by atoms with Crippen molar-refractivity contribution in [1.29, 1.82) is 0 Å². The fraction of sp³-hybridized carbons (Fsp3) is 0.417. The maximum Gasteiger partial charge on any atom is 0.184 e. The molecular weight excluding hydrogens is 380 g/mol. The molecule has 0 amide bonds. The predicted molar refractivity (Wildman–Crippen MR) is 81.9 cm³/mol. The van der Waals surface area contributed by atoms with Gasteiger partial charge in [-0.2, -0.15) is 0 Å². The van der Waals surface area contributed by atoms with E-state index in [1.165, 1.54) is 0 Å². The van der Waals surface area contributed by atoms with E-state index in [0.29, 0.717) is 4.67 Å². The summed E-state index contributed by atoms with van der Waals surface area (Å²) in [4.78, 5) is 4.61. The Morgan fingerprint density at radius 1 is 1.50 bits per heavy atom. The topological polar surface area (TPSA) is 38.1 Å². The maximum absolute atomic E-state index is 5.57. The largest absolute Gasteiger partial charge is 0.446 e. The van der Waals surface area contributed by atoms with Gasteiger partial charge in [-0.05, 0) is 51.7 Å². The molecule has 1 atom stereocenters. The van der Waals surface area contributed by atoms with Crippen LogP contribution in [0.4, 0.5) is 0 Å². The third kappa shape index (κ3) is 3.23. The first kappa shape index (κ1) is 14.2. The van der Waals surface area contributed by atoms with E-state index >= 15 is 0 Å². The molecule has 0 aliphatic rings. The molecule has 1 N–H and O–H groups in total. The number of hydrogen-bond acceptors (Lipinski definition) is 4. The van der Waals surface area contributed by atoms with Crippen LogP contribution in [0, 0.1) is 0 Å². The molecule has 0 aliphatic heterocycles. The zero-order valence-corrected chi connectivity index (χ0v) is 14.2. The normalized spacial score (nSPS) is 12.9. The van der Waals surface area contributed by atoms with Crippen LogP contribution >= 0.6 is 43.2 Å². The summed E-state index contributed by atoms with van der Waals surface area (Å²) in [7, 11) is 0. The summed E-state index contributed by atoms with van der Waals surface area (Å²) in [5.74, 6) is 0.785. The average molecular weight is 394 g/mol. The van der Waals surface area contributed by atoms with Gasteiger partial charge >= 0.3 is 0 Å². The lowest BCUT2D eigenvalue weighted by molar-refractivity contribution is 0.548. The predicted octanol–water partition coefficient (Wildman–Crippen LogP) is 4.99. The van der Waals surface area contributed by atoms with E-state index in [2.05, 4.69) is 61.4 Å². The van der Waals surface area contributed by atoms with Crippen LogP contribution in [0.5, 0.6) is 0 Å². The Hall–Kier alpha value is -0.170. The van der Waals surface area contributed by atoms with Gasteiger partial charge in [-0.3, -0.25) is 0 Å². The Labute approximate surface area is 127 Å². The van der Waals surface area contributed by atoms with Gasteiger partial charge < -0.3 is 9.73 Å². The van der Waals surface area contributed by atoms with Crippen molar-refractivity contribution in [2.75, 3.05) is 6.54 Å². The molecule has 0 aliphatic carbocycles. The van der Waals surface area contributed by atoms with Crippen molar-refractivity contribution >= 4 is 43.2 Å². The highest BCUT2D eigenvalue weighted by atomic mass is 79.9. The van der Waals surface area contributed by atoms with E-state index in [9.17, 15) is 0 Å². The average Bonchev–Trinajstić information content (AvgIpc) is 2.94. The molecule has 0 spiro atoms. The van der Waals surface area contributed by atoms with Crippen LogP contribution in [0.25, 0.3) is 10.8 Å². The van der Waals surface area contributed by atoms with Crippen LogP contribution < -0.4 is 5.32 Å². The second kappa shape index (κ2) is 6.32. The molecule has 0 saturated heterocycles. The minimum absolute atomic E-state index is 0.275. The van der Waals surface area contributed by atoms with E-state index in [-0.39, 0.29) is 6.04 Å². The minimum Gasteiger partial charge on any atom is -0.446 e. The molecule has 2 aromatic rings. The highest BCUT2D eigenvalue weighted by molar-refractivity contribution is 9.13. The van der Waals surface area contributed by atoms with Gasteiger partial charge in [0, 0.05) is 17.5 Å². The molecule has 98 valence electrons. The van der Waals surface area contributed by atoms with E-state index in [1.54, 1.807) is 11.3 Å². The number of hydrogen-bond donors (Lipinski definition) is 1. The Morgan fingerprint density at radius 2 is 2.28 bits per heavy atom. The van der Waals surface area contributed by atoms with Crippen LogP contribution in [0.2, 0.25) is 0 Å². The molecule has 1 unspecified atom stereocenters. The minimum atomic E-state index is 0.275. The summed E-state index contributed by atoms with van der Waals surface area (Å²) >= 11 is 8.34. The number of halogens is 2. The first-order valence-electron chi connectivity index (χ1n) is 5.75. The number of nitrogens with one attached hydrogen (secondary N) is 1. The van der Waals surface area contributed by atoms with Crippen molar-refractivity contribution in [2.24, 2.45) is 0 Å². The van der Waals surface area contributed by atoms with Crippen molar-refractivity contribution in [3.05, 3.63) is 26.3 Å². The summed E-state index contributed by atoms with van der Waals surface area (Å²) in [6.45, 7) is 5.29. The first-order valence-corrected chi connectivity index (χ1v) is 8.22. The molecule has 0 saturated carbocycles. The molecule has 0 radical (unpaired) electrons. The molecule has 0 aromatic carbocycles. The monoisotopic (exact) mass is 392 g/mol. The number of aromatic nitrogens is 1. The second-order valence-electron chi connectivity index (χ2n) is 3.99. The van der Waals surface area contributed by atoms with Crippen LogP contribution in [-0.4, -0.2) is 11.5 Å². The van der Waals surface area contributed by atoms with Gasteiger partial charge in [0.05, 0.1) is 10.2 Å². The Balaban J connectivity index is 2.14. The highest BCUT2D eigenvalue weighted by Crippen LogP contribution is 2.34. The van der Waals surface area contributed by atoms with E-state index < -0.39 is 0 Å². The van der Waals surface area contributed by atoms with Gasteiger partial charge in [-0.1, -0.05) is 6.92 Å².